The van der Waals surface area contributed by atoms with Gasteiger partial charge in [-0.15, -0.1) is 0 Å². The van der Waals surface area contributed by atoms with E-state index in [4.69, 9.17) is 0 Å². The molecule has 0 fully saturated rings. The summed E-state index contributed by atoms with van der Waals surface area (Å²) in [6.45, 7) is 2.06. The van der Waals surface area contributed by atoms with Crippen LogP contribution in [0.5, 0.6) is 0 Å². The molecule has 1 atom stereocenters. The van der Waals surface area contributed by atoms with Gasteiger partial charge in [-0.3, -0.25) is 0 Å². The van der Waals surface area contributed by atoms with E-state index >= 15 is 0 Å². The number of nitriles is 1. The van der Waals surface area contributed by atoms with Gasteiger partial charge in [-0.2, -0.15) is 5.26 Å². The lowest BCUT2D eigenvalue weighted by atomic mass is 9.92. The second kappa shape index (κ2) is 5.32. The van der Waals surface area contributed by atoms with Crippen LogP contribution in [0, 0.1) is 18.3 Å². The Morgan fingerprint density at radius 3 is 2.47 bits per heavy atom. The van der Waals surface area contributed by atoms with E-state index in [1.165, 1.54) is 11.1 Å². The summed E-state index contributed by atoms with van der Waals surface area (Å²) >= 11 is 0. The highest BCUT2D eigenvalue weighted by Crippen LogP contribution is 2.21. The molecule has 17 heavy (non-hydrogen) atoms. The van der Waals surface area contributed by atoms with E-state index in [-0.39, 0.29) is 5.92 Å². The molecule has 0 amide bonds. The average molecular weight is 221 g/mol. The average Bonchev–Trinajstić information content (AvgIpc) is 2.37. The van der Waals surface area contributed by atoms with Gasteiger partial charge in [-0.05, 0) is 24.5 Å². The van der Waals surface area contributed by atoms with Crippen LogP contribution in [0.15, 0.2) is 54.6 Å². The lowest BCUT2D eigenvalue weighted by Gasteiger charge is -2.10. The van der Waals surface area contributed by atoms with Crippen molar-refractivity contribution in [1.82, 2.24) is 0 Å². The standard InChI is InChI=1S/C16H15N/c1-13-6-5-9-15(10-13)16(12-17)11-14-7-3-2-4-8-14/h2-10,16H,11H2,1H3. The van der Waals surface area contributed by atoms with Crippen LogP contribution in [0.4, 0.5) is 0 Å². The number of rotatable bonds is 3. The van der Waals surface area contributed by atoms with E-state index in [2.05, 4.69) is 37.3 Å². The molecule has 0 spiro atoms. The number of hydrogen-bond acceptors (Lipinski definition) is 1. The molecule has 0 saturated carbocycles. The predicted octanol–water partition coefficient (Wildman–Crippen LogP) is 3.84. The minimum absolute atomic E-state index is 0.0581. The third-order valence-corrected chi connectivity index (χ3v) is 2.88. The van der Waals surface area contributed by atoms with Crippen molar-refractivity contribution >= 4 is 0 Å². The fourth-order valence-electron chi connectivity index (χ4n) is 1.97. The van der Waals surface area contributed by atoms with Crippen molar-refractivity contribution in [3.63, 3.8) is 0 Å². The molecule has 0 aliphatic heterocycles. The predicted molar refractivity (Wildman–Crippen MR) is 69.7 cm³/mol. The normalized spacial score (nSPS) is 11.8. The monoisotopic (exact) mass is 221 g/mol. The lowest BCUT2D eigenvalue weighted by molar-refractivity contribution is 0.848. The third kappa shape index (κ3) is 2.95. The Labute approximate surface area is 102 Å². The topological polar surface area (TPSA) is 23.8 Å². The van der Waals surface area contributed by atoms with Crippen LogP contribution in [0.1, 0.15) is 22.6 Å². The second-order valence-corrected chi connectivity index (χ2v) is 4.29. The van der Waals surface area contributed by atoms with E-state index < -0.39 is 0 Å². The quantitative estimate of drug-likeness (QED) is 0.772. The number of hydrogen-bond donors (Lipinski definition) is 0. The van der Waals surface area contributed by atoms with Crippen molar-refractivity contribution in [2.24, 2.45) is 0 Å². The smallest absolute Gasteiger partial charge is 0.0753 e. The molecule has 0 aliphatic carbocycles. The molecule has 0 aliphatic rings. The SMILES string of the molecule is Cc1cccc(C(C#N)Cc2ccccc2)c1. The van der Waals surface area contributed by atoms with Gasteiger partial charge in [0.25, 0.3) is 0 Å². The van der Waals surface area contributed by atoms with Crippen LogP contribution in [-0.2, 0) is 6.42 Å². The maximum atomic E-state index is 9.28. The van der Waals surface area contributed by atoms with Crippen LogP contribution < -0.4 is 0 Å². The Morgan fingerprint density at radius 2 is 1.82 bits per heavy atom. The third-order valence-electron chi connectivity index (χ3n) is 2.88. The van der Waals surface area contributed by atoms with Gasteiger partial charge in [0.05, 0.1) is 12.0 Å². The van der Waals surface area contributed by atoms with E-state index in [9.17, 15) is 5.26 Å². The van der Waals surface area contributed by atoms with Crippen molar-refractivity contribution in [3.05, 3.63) is 71.3 Å². The second-order valence-electron chi connectivity index (χ2n) is 4.29. The first-order chi connectivity index (χ1) is 8.29. The zero-order chi connectivity index (χ0) is 12.1. The van der Waals surface area contributed by atoms with Gasteiger partial charge >= 0.3 is 0 Å². The van der Waals surface area contributed by atoms with Gasteiger partial charge in [-0.1, -0.05) is 60.2 Å². The van der Waals surface area contributed by atoms with Gasteiger partial charge in [-0.25, -0.2) is 0 Å². The number of nitrogens with zero attached hydrogens (tertiary/aromatic N) is 1. The molecule has 2 aromatic carbocycles. The molecule has 0 aromatic heterocycles. The van der Waals surface area contributed by atoms with E-state index in [1.54, 1.807) is 0 Å². The first-order valence-corrected chi connectivity index (χ1v) is 5.79. The van der Waals surface area contributed by atoms with Gasteiger partial charge < -0.3 is 0 Å². The van der Waals surface area contributed by atoms with Crippen LogP contribution in [0.25, 0.3) is 0 Å². The fourth-order valence-corrected chi connectivity index (χ4v) is 1.97. The number of benzene rings is 2. The van der Waals surface area contributed by atoms with Crippen molar-refractivity contribution in [3.8, 4) is 6.07 Å². The van der Waals surface area contributed by atoms with Gasteiger partial charge in [0.1, 0.15) is 0 Å². The van der Waals surface area contributed by atoms with E-state index in [0.717, 1.165) is 12.0 Å². The van der Waals surface area contributed by atoms with Crippen molar-refractivity contribution in [2.45, 2.75) is 19.3 Å². The maximum absolute atomic E-state index is 9.28. The van der Waals surface area contributed by atoms with Crippen molar-refractivity contribution in [2.75, 3.05) is 0 Å². The van der Waals surface area contributed by atoms with Gasteiger partial charge in [0.2, 0.25) is 0 Å². The molecular weight excluding hydrogens is 206 g/mol. The summed E-state index contributed by atoms with van der Waals surface area (Å²) in [5, 5.41) is 9.28. The summed E-state index contributed by atoms with van der Waals surface area (Å²) in [7, 11) is 0. The highest BCUT2D eigenvalue weighted by atomic mass is 14.3. The summed E-state index contributed by atoms with van der Waals surface area (Å²) in [4.78, 5) is 0. The Kier molecular flexibility index (Phi) is 3.57. The molecule has 0 heterocycles. The Bertz CT molecular complexity index is 523. The molecule has 84 valence electrons. The molecule has 1 unspecified atom stereocenters. The van der Waals surface area contributed by atoms with Crippen LogP contribution >= 0.6 is 0 Å². The lowest BCUT2D eigenvalue weighted by Crippen LogP contribution is -2.00. The van der Waals surface area contributed by atoms with Crippen LogP contribution in [-0.4, -0.2) is 0 Å². The molecule has 0 bridgehead atoms. The fraction of sp³-hybridized carbons (Fsp3) is 0.188. The van der Waals surface area contributed by atoms with Crippen LogP contribution in [0.3, 0.4) is 0 Å². The van der Waals surface area contributed by atoms with E-state index in [0.29, 0.717) is 0 Å². The summed E-state index contributed by atoms with van der Waals surface area (Å²) < 4.78 is 0. The van der Waals surface area contributed by atoms with Gasteiger partial charge in [0.15, 0.2) is 0 Å². The molecule has 0 saturated heterocycles. The molecule has 0 N–H and O–H groups in total. The molecule has 1 heteroatoms. The molecule has 2 rings (SSSR count). The van der Waals surface area contributed by atoms with Crippen molar-refractivity contribution in [1.29, 1.82) is 5.26 Å². The Hall–Kier alpha value is -2.07. The largest absolute Gasteiger partial charge is 0.198 e. The Balaban J connectivity index is 2.21. The summed E-state index contributed by atoms with van der Waals surface area (Å²) in [6.07, 6.45) is 0.779. The molecular formula is C16H15N. The first-order valence-electron chi connectivity index (χ1n) is 5.79. The van der Waals surface area contributed by atoms with Crippen molar-refractivity contribution < 1.29 is 0 Å². The summed E-state index contributed by atoms with van der Waals surface area (Å²) in [6, 6.07) is 20.8. The Morgan fingerprint density at radius 1 is 1.06 bits per heavy atom. The van der Waals surface area contributed by atoms with Gasteiger partial charge in [0, 0.05) is 0 Å². The zero-order valence-electron chi connectivity index (χ0n) is 9.93. The zero-order valence-corrected chi connectivity index (χ0v) is 9.93. The minimum Gasteiger partial charge on any atom is -0.198 e. The summed E-state index contributed by atoms with van der Waals surface area (Å²) in [5.74, 6) is -0.0581. The number of aryl methyl sites for hydroxylation is 1. The highest BCUT2D eigenvalue weighted by molar-refractivity contribution is 5.31. The minimum atomic E-state index is -0.0581. The molecule has 1 nitrogen and oxygen atoms in total. The summed E-state index contributed by atoms with van der Waals surface area (Å²) in [5.41, 5.74) is 3.52. The molecule has 2 aromatic rings. The first kappa shape index (κ1) is 11.4. The maximum Gasteiger partial charge on any atom is 0.0753 e. The highest BCUT2D eigenvalue weighted by Gasteiger charge is 2.11. The van der Waals surface area contributed by atoms with Crippen LogP contribution in [0.2, 0.25) is 0 Å². The molecule has 0 radical (unpaired) electrons. The van der Waals surface area contributed by atoms with E-state index in [1.807, 2.05) is 30.3 Å².